The molecule has 0 saturated heterocycles. The van der Waals surface area contributed by atoms with Gasteiger partial charge < -0.3 is 4.74 Å². The molecular weight excluding hydrogens is 252 g/mol. The van der Waals surface area contributed by atoms with E-state index in [-0.39, 0.29) is 11.7 Å². The third-order valence-corrected chi connectivity index (χ3v) is 3.35. The van der Waals surface area contributed by atoms with E-state index in [1.54, 1.807) is 7.05 Å². The molecule has 0 aliphatic carbocycles. The van der Waals surface area contributed by atoms with Gasteiger partial charge in [0, 0.05) is 7.05 Å². The van der Waals surface area contributed by atoms with Crippen LogP contribution >= 0.6 is 11.5 Å². The lowest BCUT2D eigenvalue weighted by Gasteiger charge is -2.05. The Hall–Kier alpha value is -1.76. The Labute approximate surface area is 109 Å². The van der Waals surface area contributed by atoms with Crippen LogP contribution in [0.4, 0.5) is 0 Å². The van der Waals surface area contributed by atoms with E-state index in [0.717, 1.165) is 11.5 Å². The molecule has 2 aromatic rings. The molecule has 0 aromatic carbocycles. The van der Waals surface area contributed by atoms with Crippen molar-refractivity contribution in [2.24, 2.45) is 7.05 Å². The number of hydrogen-bond donors (Lipinski definition) is 0. The number of carbonyl (C=O) groups is 1. The van der Waals surface area contributed by atoms with Crippen molar-refractivity contribution in [2.75, 3.05) is 7.11 Å². The van der Waals surface area contributed by atoms with Gasteiger partial charge in [0.25, 0.3) is 0 Å². The van der Waals surface area contributed by atoms with Crippen molar-refractivity contribution in [1.82, 2.24) is 19.4 Å². The van der Waals surface area contributed by atoms with Crippen LogP contribution in [0, 0.1) is 0 Å². The van der Waals surface area contributed by atoms with Gasteiger partial charge in [-0.2, -0.15) is 5.10 Å². The van der Waals surface area contributed by atoms with Gasteiger partial charge in [0.05, 0.1) is 19.0 Å². The predicted octanol–water partition coefficient (Wildman–Crippen LogP) is 1.63. The molecule has 0 aliphatic rings. The summed E-state index contributed by atoms with van der Waals surface area (Å²) < 4.78 is 10.5. The van der Waals surface area contributed by atoms with E-state index < -0.39 is 0 Å². The number of ether oxygens (including phenoxy) is 1. The van der Waals surface area contributed by atoms with Crippen LogP contribution in [0.1, 0.15) is 40.8 Å². The molecule has 6 nitrogen and oxygen atoms in total. The lowest BCUT2D eigenvalue weighted by Crippen LogP contribution is -2.10. The molecule has 2 rings (SSSR count). The maximum atomic E-state index is 12.5. The second-order valence-corrected chi connectivity index (χ2v) is 4.91. The molecule has 0 bridgehead atoms. The van der Waals surface area contributed by atoms with Crippen LogP contribution < -0.4 is 4.74 Å². The number of hydrogen-bond acceptors (Lipinski definition) is 6. The quantitative estimate of drug-likeness (QED) is 0.787. The molecule has 96 valence electrons. The predicted molar refractivity (Wildman–Crippen MR) is 67.2 cm³/mol. The Morgan fingerprint density at radius 3 is 2.83 bits per heavy atom. The number of rotatable bonds is 4. The van der Waals surface area contributed by atoms with E-state index in [1.807, 2.05) is 13.8 Å². The fourth-order valence-electron chi connectivity index (χ4n) is 1.67. The average Bonchev–Trinajstić information content (AvgIpc) is 2.94. The molecule has 2 heterocycles. The fraction of sp³-hybridized carbons (Fsp3) is 0.455. The van der Waals surface area contributed by atoms with Gasteiger partial charge in [-0.25, -0.2) is 0 Å². The topological polar surface area (TPSA) is 69.9 Å². The molecule has 0 spiro atoms. The SMILES string of the molecule is COc1cnn(C)c1C(=O)c1snnc1C(C)C. The summed E-state index contributed by atoms with van der Waals surface area (Å²) in [6.07, 6.45) is 1.52. The second kappa shape index (κ2) is 4.85. The summed E-state index contributed by atoms with van der Waals surface area (Å²) in [5.41, 5.74) is 1.14. The summed E-state index contributed by atoms with van der Waals surface area (Å²) in [6.45, 7) is 3.96. The van der Waals surface area contributed by atoms with Crippen LogP contribution in [0.5, 0.6) is 5.75 Å². The normalized spacial score (nSPS) is 10.9. The van der Waals surface area contributed by atoms with E-state index in [2.05, 4.69) is 14.7 Å². The largest absolute Gasteiger partial charge is 0.493 e. The van der Waals surface area contributed by atoms with Gasteiger partial charge in [-0.3, -0.25) is 9.48 Å². The van der Waals surface area contributed by atoms with Crippen LogP contribution in [-0.4, -0.2) is 32.3 Å². The summed E-state index contributed by atoms with van der Waals surface area (Å²) >= 11 is 1.10. The summed E-state index contributed by atoms with van der Waals surface area (Å²) in [4.78, 5) is 13.0. The van der Waals surface area contributed by atoms with Gasteiger partial charge >= 0.3 is 0 Å². The van der Waals surface area contributed by atoms with E-state index in [4.69, 9.17) is 4.74 Å². The van der Waals surface area contributed by atoms with Crippen LogP contribution in [0.25, 0.3) is 0 Å². The highest BCUT2D eigenvalue weighted by Crippen LogP contribution is 2.26. The Morgan fingerprint density at radius 2 is 2.22 bits per heavy atom. The standard InChI is InChI=1S/C11H14N4O2S/c1-6(2)8-11(18-14-13-8)10(16)9-7(17-4)5-12-15(9)3/h5-6H,1-4H3. The zero-order valence-electron chi connectivity index (χ0n) is 10.7. The highest BCUT2D eigenvalue weighted by Gasteiger charge is 2.25. The molecule has 18 heavy (non-hydrogen) atoms. The highest BCUT2D eigenvalue weighted by molar-refractivity contribution is 7.08. The first-order chi connectivity index (χ1) is 8.56. The summed E-state index contributed by atoms with van der Waals surface area (Å²) in [5, 5.41) is 8.04. The first-order valence-corrected chi connectivity index (χ1v) is 6.26. The van der Waals surface area contributed by atoms with E-state index in [0.29, 0.717) is 22.0 Å². The van der Waals surface area contributed by atoms with Crippen LogP contribution in [0.3, 0.4) is 0 Å². The van der Waals surface area contributed by atoms with Crippen molar-refractivity contribution in [3.63, 3.8) is 0 Å². The smallest absolute Gasteiger partial charge is 0.228 e. The van der Waals surface area contributed by atoms with E-state index in [1.165, 1.54) is 18.0 Å². The molecule has 0 aliphatic heterocycles. The number of carbonyl (C=O) groups excluding carboxylic acids is 1. The first-order valence-electron chi connectivity index (χ1n) is 5.49. The molecule has 0 saturated carbocycles. The summed E-state index contributed by atoms with van der Waals surface area (Å²) in [6, 6.07) is 0. The summed E-state index contributed by atoms with van der Waals surface area (Å²) in [5.74, 6) is 0.470. The van der Waals surface area contributed by atoms with E-state index >= 15 is 0 Å². The lowest BCUT2D eigenvalue weighted by molar-refractivity contribution is 0.102. The average molecular weight is 266 g/mol. The third-order valence-electron chi connectivity index (χ3n) is 2.61. The molecule has 0 N–H and O–H groups in total. The maximum absolute atomic E-state index is 12.5. The van der Waals surface area contributed by atoms with Crippen molar-refractivity contribution in [3.8, 4) is 5.75 Å². The minimum atomic E-state index is -0.148. The van der Waals surface area contributed by atoms with E-state index in [9.17, 15) is 4.79 Å². The van der Waals surface area contributed by atoms with Crippen LogP contribution in [0.15, 0.2) is 6.20 Å². The number of ketones is 1. The van der Waals surface area contributed by atoms with Crippen molar-refractivity contribution in [2.45, 2.75) is 19.8 Å². The lowest BCUT2D eigenvalue weighted by atomic mass is 10.1. The highest BCUT2D eigenvalue weighted by atomic mass is 32.1. The fourth-order valence-corrected chi connectivity index (χ4v) is 2.43. The van der Waals surface area contributed by atoms with Crippen molar-refractivity contribution >= 4 is 17.3 Å². The van der Waals surface area contributed by atoms with Crippen molar-refractivity contribution < 1.29 is 9.53 Å². The molecule has 0 unspecified atom stereocenters. The van der Waals surface area contributed by atoms with Gasteiger partial charge in [-0.1, -0.05) is 18.3 Å². The van der Waals surface area contributed by atoms with Gasteiger partial charge in [-0.05, 0) is 17.5 Å². The minimum Gasteiger partial charge on any atom is -0.493 e. The zero-order valence-corrected chi connectivity index (χ0v) is 11.5. The zero-order chi connectivity index (χ0) is 13.3. The molecule has 0 atom stereocenters. The molecule has 0 fully saturated rings. The monoisotopic (exact) mass is 266 g/mol. The van der Waals surface area contributed by atoms with Crippen LogP contribution in [-0.2, 0) is 7.05 Å². The maximum Gasteiger partial charge on any atom is 0.228 e. The number of aryl methyl sites for hydroxylation is 1. The van der Waals surface area contributed by atoms with Crippen molar-refractivity contribution in [3.05, 3.63) is 22.5 Å². The summed E-state index contributed by atoms with van der Waals surface area (Å²) in [7, 11) is 3.22. The minimum absolute atomic E-state index is 0.148. The first kappa shape index (κ1) is 12.7. The van der Waals surface area contributed by atoms with Gasteiger partial charge in [0.15, 0.2) is 11.4 Å². The molecule has 2 aromatic heterocycles. The molecule has 7 heteroatoms. The van der Waals surface area contributed by atoms with Gasteiger partial charge in [0.1, 0.15) is 4.88 Å². The number of nitrogens with zero attached hydrogens (tertiary/aromatic N) is 4. The molecule has 0 radical (unpaired) electrons. The number of aromatic nitrogens is 4. The Balaban J connectivity index is 2.48. The Kier molecular flexibility index (Phi) is 3.42. The Bertz CT molecular complexity index is 573. The third kappa shape index (κ3) is 2.01. The molecular formula is C11H14N4O2S. The van der Waals surface area contributed by atoms with Crippen LogP contribution in [0.2, 0.25) is 0 Å². The Morgan fingerprint density at radius 1 is 1.50 bits per heavy atom. The van der Waals surface area contributed by atoms with Crippen molar-refractivity contribution in [1.29, 1.82) is 0 Å². The molecule has 0 amide bonds. The second-order valence-electron chi connectivity index (χ2n) is 4.16. The van der Waals surface area contributed by atoms with Gasteiger partial charge in [0.2, 0.25) is 5.78 Å². The number of methoxy groups -OCH3 is 1. The van der Waals surface area contributed by atoms with Gasteiger partial charge in [-0.15, -0.1) is 5.10 Å².